The van der Waals surface area contributed by atoms with Crippen LogP contribution >= 0.6 is 27.5 Å². The van der Waals surface area contributed by atoms with E-state index in [4.69, 9.17) is 11.6 Å². The summed E-state index contributed by atoms with van der Waals surface area (Å²) in [6.07, 6.45) is 0. The summed E-state index contributed by atoms with van der Waals surface area (Å²) in [6, 6.07) is 14.3. The number of H-pyrrole nitrogens is 1. The van der Waals surface area contributed by atoms with E-state index in [1.165, 1.54) is 5.56 Å². The predicted octanol–water partition coefficient (Wildman–Crippen LogP) is 5.50. The second-order valence-electron chi connectivity index (χ2n) is 4.83. The maximum Gasteiger partial charge on any atom is 0.0710 e. The number of benzene rings is 2. The molecule has 0 fully saturated rings. The summed E-state index contributed by atoms with van der Waals surface area (Å²) < 4.78 is 1.07. The fourth-order valence-electron chi connectivity index (χ4n) is 2.31. The summed E-state index contributed by atoms with van der Waals surface area (Å²) in [5.74, 6) is 0. The van der Waals surface area contributed by atoms with Crippen molar-refractivity contribution in [1.82, 2.24) is 4.98 Å². The summed E-state index contributed by atoms with van der Waals surface area (Å²) in [7, 11) is 0. The summed E-state index contributed by atoms with van der Waals surface area (Å²) in [5.41, 5.74) is 4.36. The summed E-state index contributed by atoms with van der Waals surface area (Å²) in [4.78, 5) is 3.36. The molecule has 3 rings (SSSR count). The fourth-order valence-corrected chi connectivity index (χ4v) is 3.20. The molecule has 0 spiro atoms. The average Bonchev–Trinajstić information content (AvgIpc) is 2.73. The van der Waals surface area contributed by atoms with Crippen LogP contribution in [0.3, 0.4) is 0 Å². The van der Waals surface area contributed by atoms with Crippen molar-refractivity contribution in [2.45, 2.75) is 13.5 Å². The molecule has 1 heterocycles. The van der Waals surface area contributed by atoms with Crippen LogP contribution in [0.4, 0.5) is 5.69 Å². The Labute approximate surface area is 131 Å². The molecule has 0 aliphatic rings. The molecule has 0 amide bonds. The van der Waals surface area contributed by atoms with Gasteiger partial charge in [-0.1, -0.05) is 45.7 Å². The second kappa shape index (κ2) is 5.51. The van der Waals surface area contributed by atoms with E-state index in [1.54, 1.807) is 0 Å². The van der Waals surface area contributed by atoms with E-state index < -0.39 is 0 Å². The van der Waals surface area contributed by atoms with Gasteiger partial charge >= 0.3 is 0 Å². The lowest BCUT2D eigenvalue weighted by Crippen LogP contribution is -2.00. The lowest BCUT2D eigenvalue weighted by Gasteiger charge is -2.07. The van der Waals surface area contributed by atoms with Gasteiger partial charge in [0, 0.05) is 21.1 Å². The number of aryl methyl sites for hydroxylation is 1. The predicted molar refractivity (Wildman–Crippen MR) is 89.5 cm³/mol. The van der Waals surface area contributed by atoms with Crippen molar-refractivity contribution < 1.29 is 0 Å². The van der Waals surface area contributed by atoms with E-state index in [-0.39, 0.29) is 0 Å². The number of anilines is 1. The van der Waals surface area contributed by atoms with Crippen molar-refractivity contribution in [3.63, 3.8) is 0 Å². The van der Waals surface area contributed by atoms with Crippen LogP contribution in [0.2, 0.25) is 5.02 Å². The smallest absolute Gasteiger partial charge is 0.0710 e. The summed E-state index contributed by atoms with van der Waals surface area (Å²) in [6.45, 7) is 2.75. The van der Waals surface area contributed by atoms with E-state index in [9.17, 15) is 0 Å². The van der Waals surface area contributed by atoms with Gasteiger partial charge in [0.05, 0.1) is 17.3 Å². The number of fused-ring (bicyclic) bond motifs is 1. The first-order chi connectivity index (χ1) is 9.63. The molecule has 0 saturated carbocycles. The van der Waals surface area contributed by atoms with Crippen molar-refractivity contribution in [1.29, 1.82) is 0 Å². The highest BCUT2D eigenvalue weighted by molar-refractivity contribution is 9.10. The number of aromatic nitrogens is 1. The number of para-hydroxylation sites is 1. The minimum absolute atomic E-state index is 0.670. The monoisotopic (exact) mass is 348 g/mol. The Balaban J connectivity index is 1.84. The molecule has 2 nitrogen and oxygen atoms in total. The highest BCUT2D eigenvalue weighted by atomic mass is 79.9. The van der Waals surface area contributed by atoms with Crippen molar-refractivity contribution in [3.8, 4) is 0 Å². The maximum absolute atomic E-state index is 6.41. The third kappa shape index (κ3) is 2.69. The molecular weight excluding hydrogens is 336 g/mol. The van der Waals surface area contributed by atoms with E-state index in [0.717, 1.165) is 31.8 Å². The van der Waals surface area contributed by atoms with Gasteiger partial charge in [0.2, 0.25) is 0 Å². The molecule has 1 aromatic heterocycles. The Morgan fingerprint density at radius 2 is 2.00 bits per heavy atom. The molecule has 3 aromatic rings. The van der Waals surface area contributed by atoms with E-state index >= 15 is 0 Å². The lowest BCUT2D eigenvalue weighted by atomic mass is 10.2. The Morgan fingerprint density at radius 1 is 1.20 bits per heavy atom. The van der Waals surface area contributed by atoms with Crippen LogP contribution < -0.4 is 5.32 Å². The maximum atomic E-state index is 6.41. The van der Waals surface area contributed by atoms with Crippen molar-refractivity contribution >= 4 is 44.1 Å². The summed E-state index contributed by atoms with van der Waals surface area (Å²) >= 11 is 9.91. The largest absolute Gasteiger partial charge is 0.379 e. The van der Waals surface area contributed by atoms with Crippen molar-refractivity contribution in [2.24, 2.45) is 0 Å². The first-order valence-corrected chi connectivity index (χ1v) is 7.57. The van der Waals surface area contributed by atoms with Gasteiger partial charge in [-0.25, -0.2) is 0 Å². The van der Waals surface area contributed by atoms with Crippen LogP contribution in [0.15, 0.2) is 46.9 Å². The Kier molecular flexibility index (Phi) is 3.72. The van der Waals surface area contributed by atoms with E-state index in [2.05, 4.69) is 51.4 Å². The van der Waals surface area contributed by atoms with Crippen LogP contribution in [0, 0.1) is 6.92 Å². The molecule has 102 valence electrons. The molecular formula is C16H14BrClN2. The Bertz CT molecular complexity index is 744. The van der Waals surface area contributed by atoms with Gasteiger partial charge in [0.15, 0.2) is 0 Å². The van der Waals surface area contributed by atoms with Gasteiger partial charge < -0.3 is 10.3 Å². The fraction of sp³-hybridized carbons (Fsp3) is 0.125. The molecule has 0 aliphatic heterocycles. The van der Waals surface area contributed by atoms with Crippen molar-refractivity contribution in [2.75, 3.05) is 5.32 Å². The molecule has 0 aliphatic carbocycles. The first-order valence-electron chi connectivity index (χ1n) is 6.39. The first kappa shape index (κ1) is 13.5. The van der Waals surface area contributed by atoms with Crippen molar-refractivity contribution in [3.05, 3.63) is 63.2 Å². The highest BCUT2D eigenvalue weighted by Crippen LogP contribution is 2.28. The minimum Gasteiger partial charge on any atom is -0.379 e. The van der Waals surface area contributed by atoms with Gasteiger partial charge in [-0.2, -0.15) is 0 Å². The average molecular weight is 350 g/mol. The standard InChI is InChI=1S/C16H14BrClN2/c1-10-6-11(17)8-12(7-10)19-9-15-16(18)13-4-2-3-5-14(13)20-15/h2-8,19-20H,9H2,1H3. The van der Waals surface area contributed by atoms with Gasteiger partial charge in [0.1, 0.15) is 0 Å². The second-order valence-corrected chi connectivity index (χ2v) is 6.13. The number of nitrogens with one attached hydrogen (secondary N) is 2. The van der Waals surface area contributed by atoms with Gasteiger partial charge in [-0.05, 0) is 36.8 Å². The van der Waals surface area contributed by atoms with Crippen LogP contribution in [0.5, 0.6) is 0 Å². The normalized spacial score (nSPS) is 10.9. The molecule has 0 saturated heterocycles. The SMILES string of the molecule is Cc1cc(Br)cc(NCc2[nH]c3ccccc3c2Cl)c1. The third-order valence-corrected chi connectivity index (χ3v) is 4.12. The molecule has 0 unspecified atom stereocenters. The highest BCUT2D eigenvalue weighted by Gasteiger charge is 2.08. The number of aromatic amines is 1. The Hall–Kier alpha value is -1.45. The Morgan fingerprint density at radius 3 is 2.75 bits per heavy atom. The zero-order chi connectivity index (χ0) is 14.1. The molecule has 0 bridgehead atoms. The van der Waals surface area contributed by atoms with Gasteiger partial charge in [0.25, 0.3) is 0 Å². The van der Waals surface area contributed by atoms with Crippen LogP contribution in [-0.2, 0) is 6.54 Å². The van der Waals surface area contributed by atoms with Crippen LogP contribution in [0.25, 0.3) is 10.9 Å². The molecule has 0 atom stereocenters. The zero-order valence-corrected chi connectivity index (χ0v) is 13.3. The van der Waals surface area contributed by atoms with E-state index in [0.29, 0.717) is 6.54 Å². The lowest BCUT2D eigenvalue weighted by molar-refractivity contribution is 1.08. The molecule has 2 aromatic carbocycles. The van der Waals surface area contributed by atoms with Crippen LogP contribution in [-0.4, -0.2) is 4.98 Å². The molecule has 4 heteroatoms. The number of halogens is 2. The van der Waals surface area contributed by atoms with Gasteiger partial charge in [-0.15, -0.1) is 0 Å². The van der Waals surface area contributed by atoms with Crippen LogP contribution in [0.1, 0.15) is 11.3 Å². The summed E-state index contributed by atoms with van der Waals surface area (Å²) in [5, 5.41) is 5.26. The number of hydrogen-bond acceptors (Lipinski definition) is 1. The van der Waals surface area contributed by atoms with E-state index in [1.807, 2.05) is 24.3 Å². The topological polar surface area (TPSA) is 27.8 Å². The quantitative estimate of drug-likeness (QED) is 0.641. The molecule has 20 heavy (non-hydrogen) atoms. The minimum atomic E-state index is 0.670. The van der Waals surface area contributed by atoms with Gasteiger partial charge in [-0.3, -0.25) is 0 Å². The zero-order valence-electron chi connectivity index (χ0n) is 11.0. The molecule has 2 N–H and O–H groups in total. The number of rotatable bonds is 3. The number of hydrogen-bond donors (Lipinski definition) is 2. The molecule has 0 radical (unpaired) electrons. The third-order valence-electron chi connectivity index (χ3n) is 3.23.